The molecule has 0 spiro atoms. The summed E-state index contributed by atoms with van der Waals surface area (Å²) >= 11 is 3.06. The van der Waals surface area contributed by atoms with E-state index < -0.39 is 0 Å². The van der Waals surface area contributed by atoms with Gasteiger partial charge in [0.2, 0.25) is 0 Å². The smallest absolute Gasteiger partial charge is 0.348 e. The normalized spacial score (nSPS) is 12.1. The molecular weight excluding hydrogens is 394 g/mol. The average Bonchev–Trinajstić information content (AvgIpc) is 3.31. The molecule has 2 amide bonds. The van der Waals surface area contributed by atoms with Crippen molar-refractivity contribution < 1.29 is 14.3 Å². The lowest BCUT2D eigenvalue weighted by Gasteiger charge is -2.23. The molecule has 3 aromatic rings. The van der Waals surface area contributed by atoms with E-state index in [9.17, 15) is 9.59 Å². The highest BCUT2D eigenvalue weighted by Gasteiger charge is 2.16. The Bertz CT molecular complexity index is 951. The van der Waals surface area contributed by atoms with Crippen molar-refractivity contribution in [3.05, 3.63) is 51.5 Å². The number of nitrogens with one attached hydrogen (secondary N) is 2. The lowest BCUT2D eigenvalue weighted by molar-refractivity contribution is 0.0532. The number of anilines is 1. The van der Waals surface area contributed by atoms with Gasteiger partial charge in [-0.25, -0.2) is 9.59 Å². The monoisotopic (exact) mass is 417 g/mol. The number of carbonyl (C=O) groups excluding carboxylic acids is 2. The molecule has 1 atom stereocenters. The van der Waals surface area contributed by atoms with Crippen LogP contribution in [-0.2, 0) is 4.74 Å². The third-order valence-corrected chi connectivity index (χ3v) is 6.27. The van der Waals surface area contributed by atoms with Gasteiger partial charge in [-0.15, -0.1) is 22.7 Å². The third kappa shape index (κ3) is 4.89. The van der Waals surface area contributed by atoms with Gasteiger partial charge in [0.15, 0.2) is 0 Å². The van der Waals surface area contributed by atoms with Crippen LogP contribution in [0.25, 0.3) is 10.1 Å². The van der Waals surface area contributed by atoms with E-state index in [1.165, 1.54) is 16.2 Å². The van der Waals surface area contributed by atoms with Gasteiger partial charge in [0.25, 0.3) is 0 Å². The number of thiophene rings is 2. The summed E-state index contributed by atoms with van der Waals surface area (Å²) in [6.07, 6.45) is 0. The van der Waals surface area contributed by atoms with Gasteiger partial charge in [0.1, 0.15) is 4.88 Å². The highest BCUT2D eigenvalue weighted by molar-refractivity contribution is 7.20. The maximum absolute atomic E-state index is 12.3. The number of urea groups is 1. The van der Waals surface area contributed by atoms with Gasteiger partial charge in [0, 0.05) is 21.8 Å². The van der Waals surface area contributed by atoms with Gasteiger partial charge in [-0.1, -0.05) is 6.07 Å². The van der Waals surface area contributed by atoms with E-state index in [0.717, 1.165) is 10.1 Å². The number of likely N-dealkylation sites (N-methyl/N-ethyl adjacent to an activating group) is 1. The molecule has 148 valence electrons. The van der Waals surface area contributed by atoms with Crippen molar-refractivity contribution in [2.24, 2.45) is 0 Å². The number of carbonyl (C=O) groups is 2. The van der Waals surface area contributed by atoms with Crippen molar-refractivity contribution in [2.75, 3.05) is 32.6 Å². The van der Waals surface area contributed by atoms with Crippen molar-refractivity contribution in [3.8, 4) is 0 Å². The van der Waals surface area contributed by atoms with Crippen LogP contribution in [0.3, 0.4) is 0 Å². The highest BCUT2D eigenvalue weighted by atomic mass is 32.1. The Morgan fingerprint density at radius 2 is 2.04 bits per heavy atom. The molecule has 0 aliphatic heterocycles. The zero-order valence-electron chi connectivity index (χ0n) is 16.0. The number of hydrogen-bond donors (Lipinski definition) is 2. The van der Waals surface area contributed by atoms with Crippen LogP contribution in [-0.4, -0.2) is 44.1 Å². The van der Waals surface area contributed by atoms with Crippen LogP contribution in [0.4, 0.5) is 10.5 Å². The minimum atomic E-state index is -0.320. The number of rotatable bonds is 7. The largest absolute Gasteiger partial charge is 0.462 e. The molecule has 0 aliphatic rings. The number of hydrogen-bond acceptors (Lipinski definition) is 6. The molecule has 6 nitrogen and oxygen atoms in total. The first-order valence-corrected chi connectivity index (χ1v) is 10.6. The highest BCUT2D eigenvalue weighted by Crippen LogP contribution is 2.29. The van der Waals surface area contributed by atoms with Crippen LogP contribution in [0, 0.1) is 0 Å². The predicted octanol–water partition coefficient (Wildman–Crippen LogP) is 4.56. The summed E-state index contributed by atoms with van der Waals surface area (Å²) in [5.41, 5.74) is 0.677. The Labute approximate surface area is 172 Å². The summed E-state index contributed by atoms with van der Waals surface area (Å²) in [6, 6.07) is 11.3. The SMILES string of the molecule is CCOC(=O)c1cc2cc(NC(=O)NCC(c3cccs3)N(C)C)ccc2s1. The number of nitrogens with zero attached hydrogens (tertiary/aromatic N) is 1. The number of fused-ring (bicyclic) bond motifs is 1. The molecule has 0 bridgehead atoms. The Hall–Kier alpha value is -2.42. The molecule has 2 heterocycles. The first kappa shape index (κ1) is 20.3. The van der Waals surface area contributed by atoms with Crippen molar-refractivity contribution in [1.29, 1.82) is 0 Å². The van der Waals surface area contributed by atoms with Gasteiger partial charge in [0.05, 0.1) is 12.6 Å². The molecule has 2 N–H and O–H groups in total. The van der Waals surface area contributed by atoms with Crippen LogP contribution in [0.1, 0.15) is 27.5 Å². The van der Waals surface area contributed by atoms with Gasteiger partial charge < -0.3 is 20.3 Å². The summed E-state index contributed by atoms with van der Waals surface area (Å²) in [4.78, 5) is 28.1. The summed E-state index contributed by atoms with van der Waals surface area (Å²) in [7, 11) is 3.99. The van der Waals surface area contributed by atoms with Gasteiger partial charge in [-0.2, -0.15) is 0 Å². The number of esters is 1. The number of amides is 2. The Kier molecular flexibility index (Phi) is 6.66. The third-order valence-electron chi connectivity index (χ3n) is 4.20. The lowest BCUT2D eigenvalue weighted by atomic mass is 10.2. The van der Waals surface area contributed by atoms with Gasteiger partial charge in [-0.05, 0) is 62.1 Å². The lowest BCUT2D eigenvalue weighted by Crippen LogP contribution is -2.36. The molecule has 0 saturated heterocycles. The molecule has 0 radical (unpaired) electrons. The minimum absolute atomic E-state index is 0.122. The molecule has 0 saturated carbocycles. The molecule has 3 rings (SSSR count). The zero-order chi connectivity index (χ0) is 20.1. The fourth-order valence-corrected chi connectivity index (χ4v) is 4.67. The van der Waals surface area contributed by atoms with Crippen LogP contribution < -0.4 is 10.6 Å². The predicted molar refractivity (Wildman–Crippen MR) is 116 cm³/mol. The average molecular weight is 418 g/mol. The molecule has 28 heavy (non-hydrogen) atoms. The second kappa shape index (κ2) is 9.18. The fraction of sp³-hybridized carbons (Fsp3) is 0.300. The van der Waals surface area contributed by atoms with Crippen molar-refractivity contribution >= 4 is 50.4 Å². The van der Waals surface area contributed by atoms with E-state index >= 15 is 0 Å². The van der Waals surface area contributed by atoms with E-state index in [1.54, 1.807) is 24.3 Å². The maximum Gasteiger partial charge on any atom is 0.348 e. The minimum Gasteiger partial charge on any atom is -0.462 e. The van der Waals surface area contributed by atoms with Crippen molar-refractivity contribution in [2.45, 2.75) is 13.0 Å². The molecule has 0 fully saturated rings. The van der Waals surface area contributed by atoms with Gasteiger partial charge >= 0.3 is 12.0 Å². The molecule has 8 heteroatoms. The van der Waals surface area contributed by atoms with E-state index in [0.29, 0.717) is 23.7 Å². The molecule has 1 aromatic carbocycles. The van der Waals surface area contributed by atoms with Crippen molar-refractivity contribution in [3.63, 3.8) is 0 Å². The van der Waals surface area contributed by atoms with E-state index in [4.69, 9.17) is 4.74 Å². The van der Waals surface area contributed by atoms with Crippen LogP contribution in [0.15, 0.2) is 41.8 Å². The summed E-state index contributed by atoms with van der Waals surface area (Å²) in [6.45, 7) is 2.64. The molecule has 1 unspecified atom stereocenters. The Morgan fingerprint density at radius 1 is 1.21 bits per heavy atom. The second-order valence-corrected chi connectivity index (χ2v) is 8.48. The first-order valence-electron chi connectivity index (χ1n) is 8.93. The quantitative estimate of drug-likeness (QED) is 0.553. The van der Waals surface area contributed by atoms with Crippen LogP contribution in [0.2, 0.25) is 0 Å². The first-order chi connectivity index (χ1) is 13.5. The van der Waals surface area contributed by atoms with E-state index in [-0.39, 0.29) is 18.0 Å². The number of benzene rings is 1. The maximum atomic E-state index is 12.3. The summed E-state index contributed by atoms with van der Waals surface area (Å²) in [5.74, 6) is -0.320. The fourth-order valence-electron chi connectivity index (χ4n) is 2.81. The standard InChI is InChI=1S/C20H23N3O3S2/c1-4-26-19(24)18-11-13-10-14(7-8-16(13)28-18)22-20(25)21-12-15(23(2)3)17-6-5-9-27-17/h5-11,15H,4,12H2,1-3H3,(H2,21,22,25). The van der Waals surface area contributed by atoms with E-state index in [1.807, 2.05) is 43.7 Å². The topological polar surface area (TPSA) is 70.7 Å². The van der Waals surface area contributed by atoms with Gasteiger partial charge in [-0.3, -0.25) is 0 Å². The van der Waals surface area contributed by atoms with E-state index in [2.05, 4.69) is 21.6 Å². The molecule has 2 aromatic heterocycles. The summed E-state index contributed by atoms with van der Waals surface area (Å²) in [5, 5.41) is 8.73. The molecular formula is C20H23N3O3S2. The second-order valence-electron chi connectivity index (χ2n) is 6.41. The zero-order valence-corrected chi connectivity index (χ0v) is 17.7. The molecule has 0 aliphatic carbocycles. The Morgan fingerprint density at radius 3 is 2.71 bits per heavy atom. The van der Waals surface area contributed by atoms with Crippen molar-refractivity contribution in [1.82, 2.24) is 10.2 Å². The summed E-state index contributed by atoms with van der Waals surface area (Å²) < 4.78 is 6.02. The van der Waals surface area contributed by atoms with Crippen LogP contribution in [0.5, 0.6) is 0 Å². The Balaban J connectivity index is 1.63. The van der Waals surface area contributed by atoms with Crippen LogP contribution >= 0.6 is 22.7 Å². The number of ether oxygens (including phenoxy) is 1.